The van der Waals surface area contributed by atoms with E-state index in [1.807, 2.05) is 0 Å². The van der Waals surface area contributed by atoms with E-state index < -0.39 is 17.9 Å². The van der Waals surface area contributed by atoms with Crippen molar-refractivity contribution < 1.29 is 23.8 Å². The van der Waals surface area contributed by atoms with E-state index in [0.717, 1.165) is 31.1 Å². The smallest absolute Gasteiger partial charge is 0.330 e. The molecule has 1 aromatic heterocycles. The molecule has 1 fully saturated rings. The molecular weight excluding hydrogens is 406 g/mol. The van der Waals surface area contributed by atoms with Gasteiger partial charge in [0.15, 0.2) is 0 Å². The summed E-state index contributed by atoms with van der Waals surface area (Å²) in [6.45, 7) is 8.67. The van der Waals surface area contributed by atoms with Crippen LogP contribution in [-0.4, -0.2) is 29.6 Å². The Balaban J connectivity index is 1.81. The van der Waals surface area contributed by atoms with E-state index >= 15 is 0 Å². The molecule has 0 saturated heterocycles. The summed E-state index contributed by atoms with van der Waals surface area (Å²) in [6, 6.07) is 3.99. The maximum Gasteiger partial charge on any atom is 0.330 e. The molecular formula is C26H35NO5. The number of carboxylic acid groups (broad SMARTS) is 1. The van der Waals surface area contributed by atoms with Crippen molar-refractivity contribution in [1.29, 1.82) is 0 Å². The Morgan fingerprint density at radius 1 is 1.19 bits per heavy atom. The van der Waals surface area contributed by atoms with Crippen molar-refractivity contribution in [1.82, 2.24) is 5.32 Å². The van der Waals surface area contributed by atoms with E-state index in [-0.39, 0.29) is 0 Å². The van der Waals surface area contributed by atoms with Gasteiger partial charge in [-0.3, -0.25) is 4.79 Å². The summed E-state index contributed by atoms with van der Waals surface area (Å²) in [4.78, 5) is 25.1. The zero-order valence-electron chi connectivity index (χ0n) is 19.2. The first-order valence-corrected chi connectivity index (χ1v) is 11.8. The van der Waals surface area contributed by atoms with Gasteiger partial charge >= 0.3 is 5.97 Å². The number of rotatable bonds is 11. The zero-order valence-corrected chi connectivity index (χ0v) is 19.2. The molecule has 1 saturated carbocycles. The molecule has 0 spiro atoms. The van der Waals surface area contributed by atoms with Gasteiger partial charge in [-0.1, -0.05) is 52.5 Å². The second-order valence-corrected chi connectivity index (χ2v) is 8.88. The average Bonchev–Trinajstić information content (AvgIpc) is 3.28. The molecule has 1 amide bonds. The van der Waals surface area contributed by atoms with Gasteiger partial charge in [0.05, 0.1) is 23.8 Å². The summed E-state index contributed by atoms with van der Waals surface area (Å²) >= 11 is 0. The van der Waals surface area contributed by atoms with Gasteiger partial charge in [-0.25, -0.2) is 4.79 Å². The fraction of sp³-hybridized carbons (Fsp3) is 0.538. The van der Waals surface area contributed by atoms with Gasteiger partial charge in [-0.2, -0.15) is 0 Å². The van der Waals surface area contributed by atoms with Crippen LogP contribution >= 0.6 is 0 Å². The molecule has 1 aliphatic rings. The predicted molar refractivity (Wildman–Crippen MR) is 125 cm³/mol. The average molecular weight is 442 g/mol. The van der Waals surface area contributed by atoms with Crippen LogP contribution in [0.15, 0.2) is 41.0 Å². The van der Waals surface area contributed by atoms with E-state index in [2.05, 4.69) is 25.7 Å². The second-order valence-electron chi connectivity index (χ2n) is 8.88. The predicted octanol–water partition coefficient (Wildman–Crippen LogP) is 5.96. The quantitative estimate of drug-likeness (QED) is 0.420. The maximum absolute atomic E-state index is 13.2. The van der Waals surface area contributed by atoms with E-state index in [4.69, 9.17) is 9.15 Å². The highest BCUT2D eigenvalue weighted by atomic mass is 16.5. The van der Waals surface area contributed by atoms with Crippen molar-refractivity contribution in [2.75, 3.05) is 6.61 Å². The summed E-state index contributed by atoms with van der Waals surface area (Å²) in [5.74, 6) is -0.325. The number of carbonyl (C=O) groups excluding carboxylic acids is 1. The topological polar surface area (TPSA) is 88.8 Å². The summed E-state index contributed by atoms with van der Waals surface area (Å²) in [5.41, 5.74) is 1.46. The lowest BCUT2D eigenvalue weighted by Gasteiger charge is -2.23. The lowest BCUT2D eigenvalue weighted by atomic mass is 9.90. The third-order valence-electron chi connectivity index (χ3n) is 6.65. The fourth-order valence-corrected chi connectivity index (χ4v) is 4.52. The number of furan rings is 1. The van der Waals surface area contributed by atoms with Crippen LogP contribution in [0, 0.1) is 11.8 Å². The van der Waals surface area contributed by atoms with Crippen LogP contribution in [0.2, 0.25) is 0 Å². The van der Waals surface area contributed by atoms with Crippen molar-refractivity contribution >= 4 is 22.8 Å². The molecule has 6 heteroatoms. The van der Waals surface area contributed by atoms with E-state index in [9.17, 15) is 14.7 Å². The number of nitrogens with one attached hydrogen (secondary N) is 1. The number of carbonyl (C=O) groups is 2. The number of fused-ring (bicyclic) bond motifs is 1. The number of hydrogen-bond donors (Lipinski definition) is 2. The van der Waals surface area contributed by atoms with Crippen LogP contribution in [0.25, 0.3) is 11.0 Å². The van der Waals surface area contributed by atoms with Crippen LogP contribution in [0.5, 0.6) is 5.75 Å². The lowest BCUT2D eigenvalue weighted by molar-refractivity contribution is -0.138. The summed E-state index contributed by atoms with van der Waals surface area (Å²) in [5, 5.41) is 13.1. The Hall–Kier alpha value is -2.76. The first kappa shape index (κ1) is 23.9. The van der Waals surface area contributed by atoms with Crippen LogP contribution in [-0.2, 0) is 4.79 Å². The van der Waals surface area contributed by atoms with E-state index in [1.54, 1.807) is 24.5 Å². The molecule has 0 unspecified atom stereocenters. The SMILES string of the molecule is C=C(CC(CC)CC)[C@H](NC(=O)c1ccc2occc2c1OCC1CCCCC1)C(=O)O. The largest absolute Gasteiger partial charge is 0.492 e. The molecule has 174 valence electrons. The standard InChI is InChI=1S/C26H35NO5/c1-4-18(5-2)15-17(3)23(26(29)30)27-25(28)21-11-12-22-20(13-14-31-22)24(21)32-16-19-9-7-6-8-10-19/h11-14,18-19,23H,3-10,15-16H2,1-2H3,(H,27,28)(H,29,30)/t23-/m0/s1. The molecule has 0 bridgehead atoms. The minimum absolute atomic E-state index is 0.316. The van der Waals surface area contributed by atoms with Gasteiger partial charge in [-0.15, -0.1) is 0 Å². The summed E-state index contributed by atoms with van der Waals surface area (Å²) in [7, 11) is 0. The first-order valence-electron chi connectivity index (χ1n) is 11.8. The van der Waals surface area contributed by atoms with Gasteiger partial charge in [0.25, 0.3) is 5.91 Å². The third kappa shape index (κ3) is 5.72. The van der Waals surface area contributed by atoms with Gasteiger partial charge in [0.1, 0.15) is 17.4 Å². The molecule has 1 heterocycles. The Morgan fingerprint density at radius 2 is 1.91 bits per heavy atom. The van der Waals surface area contributed by atoms with Crippen molar-refractivity contribution in [3.63, 3.8) is 0 Å². The number of hydrogen-bond acceptors (Lipinski definition) is 4. The summed E-state index contributed by atoms with van der Waals surface area (Å²) in [6.07, 6.45) is 9.93. The van der Waals surface area contributed by atoms with Crippen molar-refractivity contribution in [2.24, 2.45) is 11.8 Å². The Kier molecular flexibility index (Phi) is 8.37. The second kappa shape index (κ2) is 11.2. The molecule has 1 aromatic carbocycles. The highest BCUT2D eigenvalue weighted by Gasteiger charge is 2.27. The fourth-order valence-electron chi connectivity index (χ4n) is 4.52. The molecule has 32 heavy (non-hydrogen) atoms. The molecule has 0 aliphatic heterocycles. The Labute approximate surface area is 190 Å². The molecule has 3 rings (SSSR count). The first-order chi connectivity index (χ1) is 15.4. The number of ether oxygens (including phenoxy) is 1. The van der Waals surface area contributed by atoms with Crippen molar-refractivity contribution in [3.05, 3.63) is 42.2 Å². The van der Waals surface area contributed by atoms with Crippen LogP contribution < -0.4 is 10.1 Å². The van der Waals surface area contributed by atoms with Gasteiger partial charge in [0.2, 0.25) is 0 Å². The zero-order chi connectivity index (χ0) is 23.1. The van der Waals surface area contributed by atoms with E-state index in [0.29, 0.717) is 47.3 Å². The Morgan fingerprint density at radius 3 is 2.56 bits per heavy atom. The highest BCUT2D eigenvalue weighted by molar-refractivity contribution is 6.04. The van der Waals surface area contributed by atoms with E-state index in [1.165, 1.54) is 19.3 Å². The Bertz CT molecular complexity index is 937. The molecule has 2 aromatic rings. The number of aliphatic carboxylic acids is 1. The minimum Gasteiger partial charge on any atom is -0.492 e. The minimum atomic E-state index is -1.14. The lowest BCUT2D eigenvalue weighted by Crippen LogP contribution is -2.42. The third-order valence-corrected chi connectivity index (χ3v) is 6.65. The molecule has 0 radical (unpaired) electrons. The number of amides is 1. The molecule has 6 nitrogen and oxygen atoms in total. The molecule has 1 atom stereocenters. The maximum atomic E-state index is 13.2. The van der Waals surface area contributed by atoms with Crippen LogP contribution in [0.3, 0.4) is 0 Å². The molecule has 1 aliphatic carbocycles. The van der Waals surface area contributed by atoms with Gasteiger partial charge < -0.3 is 19.6 Å². The monoisotopic (exact) mass is 441 g/mol. The highest BCUT2D eigenvalue weighted by Crippen LogP contribution is 2.33. The van der Waals surface area contributed by atoms with Crippen LogP contribution in [0.4, 0.5) is 0 Å². The van der Waals surface area contributed by atoms with Crippen molar-refractivity contribution in [2.45, 2.75) is 71.3 Å². The molecule has 2 N–H and O–H groups in total. The van der Waals surface area contributed by atoms with Crippen LogP contribution in [0.1, 0.15) is 75.6 Å². The number of carboxylic acids is 1. The van der Waals surface area contributed by atoms with Gasteiger partial charge in [0, 0.05) is 0 Å². The van der Waals surface area contributed by atoms with Gasteiger partial charge in [-0.05, 0) is 54.9 Å². The summed E-state index contributed by atoms with van der Waals surface area (Å²) < 4.78 is 11.7. The number of benzene rings is 1. The van der Waals surface area contributed by atoms with Crippen molar-refractivity contribution in [3.8, 4) is 5.75 Å². The normalized spacial score (nSPS) is 15.6.